The van der Waals surface area contributed by atoms with Crippen LogP contribution in [-0.4, -0.2) is 24.1 Å². The zero-order chi connectivity index (χ0) is 14.4. The summed E-state index contributed by atoms with van der Waals surface area (Å²) in [6.07, 6.45) is 0. The van der Waals surface area contributed by atoms with Gasteiger partial charge in [-0.15, -0.1) is 0 Å². The molecule has 0 saturated carbocycles. The lowest BCUT2D eigenvalue weighted by Gasteiger charge is -2.09. The Balaban J connectivity index is 2.39. The van der Waals surface area contributed by atoms with Gasteiger partial charge >= 0.3 is 0 Å². The fraction of sp³-hybridized carbons (Fsp3) is 0.462. The third-order valence-electron chi connectivity index (χ3n) is 2.40. The van der Waals surface area contributed by atoms with Crippen LogP contribution in [0.2, 0.25) is 0 Å². The summed E-state index contributed by atoms with van der Waals surface area (Å²) in [7, 11) is 0. The van der Waals surface area contributed by atoms with E-state index >= 15 is 0 Å². The number of halogens is 2. The van der Waals surface area contributed by atoms with Gasteiger partial charge in [0.2, 0.25) is 5.91 Å². The summed E-state index contributed by atoms with van der Waals surface area (Å²) in [6.45, 7) is 4.76. The van der Waals surface area contributed by atoms with Crippen LogP contribution < -0.4 is 10.6 Å². The average Bonchev–Trinajstić information content (AvgIpc) is 2.33. The molecular formula is C13H18F2N2O2. The van der Waals surface area contributed by atoms with Crippen molar-refractivity contribution in [3.05, 3.63) is 29.3 Å². The van der Waals surface area contributed by atoms with E-state index in [0.29, 0.717) is 18.0 Å². The van der Waals surface area contributed by atoms with Gasteiger partial charge in [0.15, 0.2) is 17.4 Å². The van der Waals surface area contributed by atoms with Crippen molar-refractivity contribution in [2.75, 3.05) is 13.1 Å². The first-order valence-corrected chi connectivity index (χ1v) is 6.04. The molecule has 1 aromatic rings. The van der Waals surface area contributed by atoms with Crippen LogP contribution in [0.4, 0.5) is 8.78 Å². The highest BCUT2D eigenvalue weighted by atomic mass is 19.1. The van der Waals surface area contributed by atoms with Gasteiger partial charge in [0.05, 0.1) is 6.54 Å². The second-order valence-corrected chi connectivity index (χ2v) is 4.71. The van der Waals surface area contributed by atoms with E-state index in [9.17, 15) is 13.6 Å². The summed E-state index contributed by atoms with van der Waals surface area (Å²) in [4.78, 5) is 11.4. The SMILES string of the molecule is CC(C)CNC(=O)CNCc1cc(F)c(O)c(F)c1. The number of amides is 1. The number of carbonyl (C=O) groups is 1. The highest BCUT2D eigenvalue weighted by molar-refractivity contribution is 5.77. The number of phenols is 1. The minimum atomic E-state index is -1.01. The van der Waals surface area contributed by atoms with Crippen LogP contribution in [0.25, 0.3) is 0 Å². The van der Waals surface area contributed by atoms with Crippen LogP contribution >= 0.6 is 0 Å². The van der Waals surface area contributed by atoms with E-state index in [0.717, 1.165) is 12.1 Å². The monoisotopic (exact) mass is 272 g/mol. The van der Waals surface area contributed by atoms with Crippen LogP contribution in [0.3, 0.4) is 0 Å². The minimum Gasteiger partial charge on any atom is -0.503 e. The number of aromatic hydroxyl groups is 1. The predicted molar refractivity (Wildman–Crippen MR) is 67.6 cm³/mol. The fourth-order valence-electron chi connectivity index (χ4n) is 1.42. The van der Waals surface area contributed by atoms with Crippen molar-refractivity contribution in [2.24, 2.45) is 5.92 Å². The van der Waals surface area contributed by atoms with E-state index in [2.05, 4.69) is 10.6 Å². The summed E-state index contributed by atoms with van der Waals surface area (Å²) >= 11 is 0. The van der Waals surface area contributed by atoms with Gasteiger partial charge in [0, 0.05) is 13.1 Å². The molecule has 1 amide bonds. The van der Waals surface area contributed by atoms with Crippen LogP contribution in [0.5, 0.6) is 5.75 Å². The molecule has 0 heterocycles. The molecule has 0 atom stereocenters. The van der Waals surface area contributed by atoms with Gasteiger partial charge in [-0.1, -0.05) is 13.8 Å². The second kappa shape index (κ2) is 7.04. The molecule has 106 valence electrons. The molecule has 3 N–H and O–H groups in total. The topological polar surface area (TPSA) is 61.4 Å². The van der Waals surface area contributed by atoms with Gasteiger partial charge in [-0.05, 0) is 23.6 Å². The molecule has 0 aromatic heterocycles. The lowest BCUT2D eigenvalue weighted by Crippen LogP contribution is -2.35. The Morgan fingerprint density at radius 2 is 1.89 bits per heavy atom. The van der Waals surface area contributed by atoms with E-state index in [1.807, 2.05) is 13.8 Å². The van der Waals surface area contributed by atoms with Gasteiger partial charge in [0.1, 0.15) is 0 Å². The maximum atomic E-state index is 13.0. The van der Waals surface area contributed by atoms with Crippen molar-refractivity contribution >= 4 is 5.91 Å². The van der Waals surface area contributed by atoms with Crippen LogP contribution in [0.1, 0.15) is 19.4 Å². The lowest BCUT2D eigenvalue weighted by molar-refractivity contribution is -0.120. The Bertz CT molecular complexity index is 427. The Morgan fingerprint density at radius 3 is 2.42 bits per heavy atom. The van der Waals surface area contributed by atoms with Gasteiger partial charge in [-0.3, -0.25) is 4.79 Å². The molecule has 1 aromatic carbocycles. The summed E-state index contributed by atoms with van der Waals surface area (Å²) in [6, 6.07) is 2.05. The molecule has 0 fully saturated rings. The predicted octanol–water partition coefficient (Wildman–Crippen LogP) is 1.53. The van der Waals surface area contributed by atoms with E-state index in [-0.39, 0.29) is 19.0 Å². The van der Waals surface area contributed by atoms with Crippen LogP contribution in [0, 0.1) is 17.6 Å². The van der Waals surface area contributed by atoms with Crippen molar-refractivity contribution < 1.29 is 18.7 Å². The highest BCUT2D eigenvalue weighted by Gasteiger charge is 2.09. The number of phenolic OH excluding ortho intramolecular Hbond substituents is 1. The van der Waals surface area contributed by atoms with Crippen molar-refractivity contribution in [3.8, 4) is 5.75 Å². The molecule has 0 aliphatic heterocycles. The number of nitrogens with one attached hydrogen (secondary N) is 2. The first-order chi connectivity index (χ1) is 8.90. The quantitative estimate of drug-likeness (QED) is 0.736. The molecule has 0 saturated heterocycles. The van der Waals surface area contributed by atoms with Gasteiger partial charge in [-0.25, -0.2) is 8.78 Å². The molecule has 4 nitrogen and oxygen atoms in total. The number of benzene rings is 1. The van der Waals surface area contributed by atoms with Gasteiger partial charge in [0.25, 0.3) is 0 Å². The Morgan fingerprint density at radius 1 is 1.32 bits per heavy atom. The van der Waals surface area contributed by atoms with Crippen molar-refractivity contribution in [2.45, 2.75) is 20.4 Å². The van der Waals surface area contributed by atoms with E-state index in [1.165, 1.54) is 0 Å². The molecule has 6 heteroatoms. The molecule has 19 heavy (non-hydrogen) atoms. The summed E-state index contributed by atoms with van der Waals surface area (Å²) in [5, 5.41) is 14.4. The first kappa shape index (κ1) is 15.4. The molecule has 1 rings (SSSR count). The molecule has 0 aliphatic carbocycles. The minimum absolute atomic E-state index is 0.0663. The standard InChI is InChI=1S/C13H18F2N2O2/c1-8(2)5-17-12(18)7-16-6-9-3-10(14)13(19)11(15)4-9/h3-4,8,16,19H,5-7H2,1-2H3,(H,17,18). The van der Waals surface area contributed by atoms with Crippen molar-refractivity contribution in [1.29, 1.82) is 0 Å². The van der Waals surface area contributed by atoms with Crippen molar-refractivity contribution in [1.82, 2.24) is 10.6 Å². The Hall–Kier alpha value is -1.69. The van der Waals surface area contributed by atoms with Crippen LogP contribution in [0.15, 0.2) is 12.1 Å². The molecule has 0 bridgehead atoms. The lowest BCUT2D eigenvalue weighted by atomic mass is 10.2. The molecule has 0 aliphatic rings. The van der Waals surface area contributed by atoms with E-state index in [1.54, 1.807) is 0 Å². The fourth-order valence-corrected chi connectivity index (χ4v) is 1.42. The summed E-state index contributed by atoms with van der Waals surface area (Å²) < 4.78 is 26.1. The highest BCUT2D eigenvalue weighted by Crippen LogP contribution is 2.21. The number of hydrogen-bond acceptors (Lipinski definition) is 3. The Labute approximate surface area is 110 Å². The first-order valence-electron chi connectivity index (χ1n) is 6.04. The van der Waals surface area contributed by atoms with E-state index in [4.69, 9.17) is 5.11 Å². The number of rotatable bonds is 6. The normalized spacial score (nSPS) is 10.8. The third-order valence-corrected chi connectivity index (χ3v) is 2.40. The van der Waals surface area contributed by atoms with E-state index < -0.39 is 17.4 Å². The smallest absolute Gasteiger partial charge is 0.233 e. The summed E-state index contributed by atoms with van der Waals surface area (Å²) in [5.41, 5.74) is 0.324. The van der Waals surface area contributed by atoms with Gasteiger partial charge in [-0.2, -0.15) is 0 Å². The number of hydrogen-bond donors (Lipinski definition) is 3. The number of carbonyl (C=O) groups excluding carboxylic acids is 1. The molecule has 0 unspecified atom stereocenters. The maximum Gasteiger partial charge on any atom is 0.233 e. The zero-order valence-corrected chi connectivity index (χ0v) is 11.0. The van der Waals surface area contributed by atoms with Crippen LogP contribution in [-0.2, 0) is 11.3 Å². The molecule has 0 radical (unpaired) electrons. The molecular weight excluding hydrogens is 254 g/mol. The Kier molecular flexibility index (Phi) is 5.69. The summed E-state index contributed by atoms with van der Waals surface area (Å²) in [5.74, 6) is -2.82. The van der Waals surface area contributed by atoms with Gasteiger partial charge < -0.3 is 15.7 Å². The third kappa shape index (κ3) is 5.21. The molecule has 0 spiro atoms. The average molecular weight is 272 g/mol. The van der Waals surface area contributed by atoms with Crippen molar-refractivity contribution in [3.63, 3.8) is 0 Å². The zero-order valence-electron chi connectivity index (χ0n) is 11.0. The largest absolute Gasteiger partial charge is 0.503 e. The second-order valence-electron chi connectivity index (χ2n) is 4.71. The maximum absolute atomic E-state index is 13.0.